The Balaban J connectivity index is 2.98. The molecule has 1 atom stereocenters. The van der Waals surface area contributed by atoms with E-state index in [0.29, 0.717) is 5.69 Å². The lowest BCUT2D eigenvalue weighted by Gasteiger charge is -2.13. The van der Waals surface area contributed by atoms with Crippen molar-refractivity contribution in [3.63, 3.8) is 0 Å². The van der Waals surface area contributed by atoms with Crippen molar-refractivity contribution in [2.75, 3.05) is 7.11 Å². The maximum absolute atomic E-state index is 10.7. The van der Waals surface area contributed by atoms with Crippen LogP contribution in [0.3, 0.4) is 0 Å². The SMILES string of the molecule is COc1ccnc(C([C]=O)C(C)C)c1. The summed E-state index contributed by atoms with van der Waals surface area (Å²) in [5, 5.41) is 0. The highest BCUT2D eigenvalue weighted by Gasteiger charge is 2.17. The molecule has 3 heteroatoms. The topological polar surface area (TPSA) is 39.2 Å². The molecule has 1 aromatic rings. The van der Waals surface area contributed by atoms with Crippen molar-refractivity contribution in [2.24, 2.45) is 5.92 Å². The highest BCUT2D eigenvalue weighted by molar-refractivity contribution is 5.62. The van der Waals surface area contributed by atoms with E-state index in [2.05, 4.69) is 4.98 Å². The van der Waals surface area contributed by atoms with Crippen LogP contribution >= 0.6 is 0 Å². The van der Waals surface area contributed by atoms with Crippen LogP contribution in [0.5, 0.6) is 5.75 Å². The van der Waals surface area contributed by atoms with Crippen LogP contribution in [0.1, 0.15) is 25.5 Å². The van der Waals surface area contributed by atoms with E-state index in [-0.39, 0.29) is 11.8 Å². The van der Waals surface area contributed by atoms with Gasteiger partial charge < -0.3 is 4.74 Å². The number of ether oxygens (including phenoxy) is 1. The van der Waals surface area contributed by atoms with Crippen LogP contribution in [0.2, 0.25) is 0 Å². The number of hydrogen-bond acceptors (Lipinski definition) is 3. The molecule has 0 amide bonds. The first-order valence-corrected chi connectivity index (χ1v) is 4.56. The fourth-order valence-electron chi connectivity index (χ4n) is 1.26. The second kappa shape index (κ2) is 4.74. The first-order chi connectivity index (χ1) is 6.69. The van der Waals surface area contributed by atoms with E-state index in [0.717, 1.165) is 5.75 Å². The van der Waals surface area contributed by atoms with E-state index in [4.69, 9.17) is 4.74 Å². The Morgan fingerprint density at radius 2 is 2.21 bits per heavy atom. The van der Waals surface area contributed by atoms with E-state index in [1.807, 2.05) is 20.1 Å². The van der Waals surface area contributed by atoms with Crippen molar-refractivity contribution in [1.82, 2.24) is 4.98 Å². The molecule has 1 rings (SSSR count). The number of hydrogen-bond donors (Lipinski definition) is 0. The van der Waals surface area contributed by atoms with E-state index in [1.165, 1.54) is 0 Å². The average molecular weight is 192 g/mol. The quantitative estimate of drug-likeness (QED) is 0.731. The Bertz CT molecular complexity index is 310. The zero-order valence-electron chi connectivity index (χ0n) is 8.65. The number of pyridine rings is 1. The van der Waals surface area contributed by atoms with Gasteiger partial charge in [-0.1, -0.05) is 13.8 Å². The first-order valence-electron chi connectivity index (χ1n) is 4.56. The predicted molar refractivity (Wildman–Crippen MR) is 54.1 cm³/mol. The van der Waals surface area contributed by atoms with Crippen LogP contribution in [0.25, 0.3) is 0 Å². The van der Waals surface area contributed by atoms with Crippen LogP contribution in [-0.4, -0.2) is 18.4 Å². The summed E-state index contributed by atoms with van der Waals surface area (Å²) in [6, 6.07) is 3.53. The van der Waals surface area contributed by atoms with E-state index < -0.39 is 0 Å². The molecule has 0 spiro atoms. The molecule has 1 radical (unpaired) electrons. The van der Waals surface area contributed by atoms with Gasteiger partial charge in [0.25, 0.3) is 0 Å². The molecule has 14 heavy (non-hydrogen) atoms. The lowest BCUT2D eigenvalue weighted by atomic mass is 9.93. The van der Waals surface area contributed by atoms with Gasteiger partial charge in [0.15, 0.2) is 0 Å². The van der Waals surface area contributed by atoms with Gasteiger partial charge in [-0.2, -0.15) is 0 Å². The number of nitrogens with zero attached hydrogens (tertiary/aromatic N) is 1. The normalized spacial score (nSPS) is 12.6. The molecule has 0 aliphatic heterocycles. The molecule has 0 aliphatic carbocycles. The van der Waals surface area contributed by atoms with Crippen molar-refractivity contribution in [3.05, 3.63) is 24.0 Å². The summed E-state index contributed by atoms with van der Waals surface area (Å²) in [6.45, 7) is 3.94. The van der Waals surface area contributed by atoms with Crippen molar-refractivity contribution in [1.29, 1.82) is 0 Å². The van der Waals surface area contributed by atoms with Crippen molar-refractivity contribution in [3.8, 4) is 5.75 Å². The Hall–Kier alpha value is -1.38. The van der Waals surface area contributed by atoms with Gasteiger partial charge in [-0.15, -0.1) is 0 Å². The Morgan fingerprint density at radius 3 is 2.71 bits per heavy atom. The van der Waals surface area contributed by atoms with E-state index in [9.17, 15) is 4.79 Å². The van der Waals surface area contributed by atoms with Crippen molar-refractivity contribution < 1.29 is 9.53 Å². The average Bonchev–Trinajstić information content (AvgIpc) is 2.19. The summed E-state index contributed by atoms with van der Waals surface area (Å²) in [5.41, 5.74) is 0.717. The monoisotopic (exact) mass is 192 g/mol. The standard InChI is InChI=1S/C11H14NO2/c1-8(2)10(7-13)11-6-9(14-3)4-5-12-11/h4-6,8,10H,1-3H3. The van der Waals surface area contributed by atoms with Crippen LogP contribution in [-0.2, 0) is 4.79 Å². The zero-order valence-corrected chi connectivity index (χ0v) is 8.65. The smallest absolute Gasteiger partial charge is 0.208 e. The van der Waals surface area contributed by atoms with Gasteiger partial charge in [0.05, 0.1) is 18.7 Å². The van der Waals surface area contributed by atoms with Gasteiger partial charge in [-0.05, 0) is 12.0 Å². The molecular weight excluding hydrogens is 178 g/mol. The Morgan fingerprint density at radius 1 is 1.50 bits per heavy atom. The number of rotatable bonds is 4. The zero-order chi connectivity index (χ0) is 10.6. The van der Waals surface area contributed by atoms with E-state index >= 15 is 0 Å². The van der Waals surface area contributed by atoms with Crippen LogP contribution < -0.4 is 4.74 Å². The third kappa shape index (κ3) is 2.31. The van der Waals surface area contributed by atoms with Gasteiger partial charge in [0, 0.05) is 12.3 Å². The molecule has 1 aromatic heterocycles. The van der Waals surface area contributed by atoms with E-state index in [1.54, 1.807) is 25.4 Å². The van der Waals surface area contributed by atoms with Crippen LogP contribution in [0.15, 0.2) is 18.3 Å². The molecule has 3 nitrogen and oxygen atoms in total. The van der Waals surface area contributed by atoms with Crippen molar-refractivity contribution >= 4 is 6.29 Å². The summed E-state index contributed by atoms with van der Waals surface area (Å²) < 4.78 is 5.06. The van der Waals surface area contributed by atoms with Gasteiger partial charge in [0.2, 0.25) is 6.29 Å². The Kier molecular flexibility index (Phi) is 3.63. The fourth-order valence-corrected chi connectivity index (χ4v) is 1.26. The molecule has 1 heterocycles. The number of aromatic nitrogens is 1. The third-order valence-electron chi connectivity index (χ3n) is 2.10. The highest BCUT2D eigenvalue weighted by Crippen LogP contribution is 2.23. The highest BCUT2D eigenvalue weighted by atomic mass is 16.5. The molecule has 0 aromatic carbocycles. The molecule has 0 saturated carbocycles. The largest absolute Gasteiger partial charge is 0.497 e. The van der Waals surface area contributed by atoms with Crippen molar-refractivity contribution in [2.45, 2.75) is 19.8 Å². The first kappa shape index (κ1) is 10.7. The molecule has 75 valence electrons. The summed E-state index contributed by atoms with van der Waals surface area (Å²) in [5.74, 6) is 0.646. The summed E-state index contributed by atoms with van der Waals surface area (Å²) >= 11 is 0. The molecule has 0 bridgehead atoms. The second-order valence-corrected chi connectivity index (χ2v) is 3.46. The minimum Gasteiger partial charge on any atom is -0.497 e. The van der Waals surface area contributed by atoms with Crippen LogP contribution in [0, 0.1) is 5.92 Å². The lowest BCUT2D eigenvalue weighted by molar-refractivity contribution is 0.412. The molecule has 1 unspecified atom stereocenters. The second-order valence-electron chi connectivity index (χ2n) is 3.46. The molecule has 0 saturated heterocycles. The maximum atomic E-state index is 10.7. The fraction of sp³-hybridized carbons (Fsp3) is 0.455. The molecule has 0 aliphatic rings. The minimum absolute atomic E-state index is 0.201. The number of methoxy groups -OCH3 is 1. The maximum Gasteiger partial charge on any atom is 0.208 e. The predicted octanol–water partition coefficient (Wildman–Crippen LogP) is 1.94. The van der Waals surface area contributed by atoms with Gasteiger partial charge in [-0.25, -0.2) is 0 Å². The van der Waals surface area contributed by atoms with Crippen LogP contribution in [0.4, 0.5) is 0 Å². The minimum atomic E-state index is -0.273. The van der Waals surface area contributed by atoms with Gasteiger partial charge >= 0.3 is 0 Å². The molecule has 0 N–H and O–H groups in total. The molecule has 0 fully saturated rings. The summed E-state index contributed by atoms with van der Waals surface area (Å²) in [4.78, 5) is 14.9. The van der Waals surface area contributed by atoms with Gasteiger partial charge in [-0.3, -0.25) is 9.78 Å². The summed E-state index contributed by atoms with van der Waals surface area (Å²) in [6.07, 6.45) is 3.64. The Labute approximate surface area is 84.1 Å². The third-order valence-corrected chi connectivity index (χ3v) is 2.10. The van der Waals surface area contributed by atoms with Gasteiger partial charge in [0.1, 0.15) is 5.75 Å². The number of carbonyl (C=O) groups excluding carboxylic acids is 1. The lowest BCUT2D eigenvalue weighted by Crippen LogP contribution is -2.09. The molecular formula is C11H14NO2. The summed E-state index contributed by atoms with van der Waals surface area (Å²) in [7, 11) is 1.59.